The van der Waals surface area contributed by atoms with Crippen molar-refractivity contribution in [2.75, 3.05) is 7.11 Å². The van der Waals surface area contributed by atoms with Crippen LogP contribution in [0.15, 0.2) is 60.9 Å². The second-order valence-electron chi connectivity index (χ2n) is 7.23. The lowest BCUT2D eigenvalue weighted by Crippen LogP contribution is -2.39. The minimum Gasteiger partial charge on any atom is -0.508 e. The highest BCUT2D eigenvalue weighted by atomic mass is 16.5. The Kier molecular flexibility index (Phi) is 6.84. The number of nitrogens with two attached hydrogens (primary N) is 1. The number of amides is 1. The van der Waals surface area contributed by atoms with E-state index in [2.05, 4.69) is 10.3 Å². The lowest BCUT2D eigenvalue weighted by atomic mass is 9.90. The Hall–Kier alpha value is -4.20. The zero-order valence-corrected chi connectivity index (χ0v) is 17.8. The molecule has 3 rings (SSSR count). The van der Waals surface area contributed by atoms with Gasteiger partial charge in [-0.1, -0.05) is 18.2 Å². The predicted octanol–water partition coefficient (Wildman–Crippen LogP) is 2.62. The molecule has 3 aromatic rings. The molecule has 0 saturated heterocycles. The Morgan fingerprint density at radius 1 is 1.22 bits per heavy atom. The highest BCUT2D eigenvalue weighted by molar-refractivity contribution is 6.00. The first kappa shape index (κ1) is 22.5. The van der Waals surface area contributed by atoms with Gasteiger partial charge in [-0.25, -0.2) is 4.79 Å². The number of nitrogen functional groups attached to an aromatic ring is 1. The lowest BCUT2D eigenvalue weighted by Gasteiger charge is -2.18. The van der Waals surface area contributed by atoms with Crippen LogP contribution in [0, 0.1) is 5.41 Å². The topological polar surface area (TPSA) is 138 Å². The smallest absolute Gasteiger partial charge is 0.328 e. The number of nitrogens with one attached hydrogen (secondary N) is 2. The van der Waals surface area contributed by atoms with Crippen molar-refractivity contribution < 1.29 is 19.4 Å². The van der Waals surface area contributed by atoms with E-state index >= 15 is 0 Å². The fourth-order valence-electron chi connectivity index (χ4n) is 3.38. The molecule has 2 aromatic carbocycles. The van der Waals surface area contributed by atoms with E-state index in [0.717, 1.165) is 11.1 Å². The molecule has 5 N–H and O–H groups in total. The highest BCUT2D eigenvalue weighted by Gasteiger charge is 2.22. The number of phenolic OH excluding ortho intramolecular Hbond substituents is 1. The van der Waals surface area contributed by atoms with Gasteiger partial charge in [-0.2, -0.15) is 0 Å². The number of hydrogen-bond donors (Lipinski definition) is 4. The van der Waals surface area contributed by atoms with Gasteiger partial charge in [0, 0.05) is 35.5 Å². The summed E-state index contributed by atoms with van der Waals surface area (Å²) in [7, 11) is 1.25. The maximum Gasteiger partial charge on any atom is 0.328 e. The molecule has 164 valence electrons. The molecule has 0 fully saturated rings. The van der Waals surface area contributed by atoms with Gasteiger partial charge in [0.25, 0.3) is 5.91 Å². The molecule has 1 aromatic heterocycles. The molecule has 0 aliphatic heterocycles. The van der Waals surface area contributed by atoms with Crippen LogP contribution in [0.3, 0.4) is 0 Å². The van der Waals surface area contributed by atoms with Crippen LogP contribution in [0.4, 0.5) is 0 Å². The lowest BCUT2D eigenvalue weighted by molar-refractivity contribution is -0.142. The number of carbonyl (C=O) groups excluding carboxylic acids is 2. The van der Waals surface area contributed by atoms with Gasteiger partial charge in [-0.05, 0) is 53.9 Å². The number of benzene rings is 2. The van der Waals surface area contributed by atoms with Crippen LogP contribution in [0.1, 0.15) is 34.0 Å². The number of pyridine rings is 1. The second-order valence-corrected chi connectivity index (χ2v) is 7.23. The van der Waals surface area contributed by atoms with Crippen molar-refractivity contribution in [2.45, 2.75) is 19.4 Å². The number of aromatic nitrogens is 1. The van der Waals surface area contributed by atoms with E-state index in [0.29, 0.717) is 22.3 Å². The SMILES string of the molecule is COC(=O)C(C)NC(=O)c1cccc(-c2cccnc2)c1Cc1cc(C(=N)N)ccc1O. The molecule has 0 aliphatic carbocycles. The summed E-state index contributed by atoms with van der Waals surface area (Å²) in [6.45, 7) is 1.54. The molecular formula is C24H24N4O4. The Morgan fingerprint density at radius 3 is 2.66 bits per heavy atom. The highest BCUT2D eigenvalue weighted by Crippen LogP contribution is 2.31. The molecular weight excluding hydrogens is 408 g/mol. The van der Waals surface area contributed by atoms with Crippen LogP contribution >= 0.6 is 0 Å². The number of amidine groups is 1. The van der Waals surface area contributed by atoms with Crippen LogP contribution in [-0.2, 0) is 16.0 Å². The van der Waals surface area contributed by atoms with Crippen LogP contribution in [0.5, 0.6) is 5.75 Å². The number of methoxy groups -OCH3 is 1. The summed E-state index contributed by atoms with van der Waals surface area (Å²) >= 11 is 0. The van der Waals surface area contributed by atoms with Crippen molar-refractivity contribution >= 4 is 17.7 Å². The first-order chi connectivity index (χ1) is 15.3. The molecule has 1 heterocycles. The molecule has 8 nitrogen and oxygen atoms in total. The molecule has 0 spiro atoms. The van der Waals surface area contributed by atoms with Crippen molar-refractivity contribution in [1.82, 2.24) is 10.3 Å². The van der Waals surface area contributed by atoms with Gasteiger partial charge in [0.05, 0.1) is 7.11 Å². The van der Waals surface area contributed by atoms with E-state index in [1.807, 2.05) is 12.1 Å². The van der Waals surface area contributed by atoms with Crippen molar-refractivity contribution in [3.8, 4) is 16.9 Å². The second kappa shape index (κ2) is 9.74. The first-order valence-corrected chi connectivity index (χ1v) is 9.89. The third-order valence-electron chi connectivity index (χ3n) is 5.05. The maximum atomic E-state index is 13.1. The number of hydrogen-bond acceptors (Lipinski definition) is 6. The first-order valence-electron chi connectivity index (χ1n) is 9.89. The third-order valence-corrected chi connectivity index (χ3v) is 5.05. The molecule has 0 saturated carbocycles. The van der Waals surface area contributed by atoms with Gasteiger partial charge >= 0.3 is 5.97 Å². The fraction of sp³-hybridized carbons (Fsp3) is 0.167. The minimum atomic E-state index is -0.836. The van der Waals surface area contributed by atoms with Crippen LogP contribution in [0.25, 0.3) is 11.1 Å². The van der Waals surface area contributed by atoms with E-state index in [9.17, 15) is 14.7 Å². The zero-order chi connectivity index (χ0) is 23.3. The molecule has 32 heavy (non-hydrogen) atoms. The molecule has 1 atom stereocenters. The van der Waals surface area contributed by atoms with Crippen molar-refractivity contribution in [3.63, 3.8) is 0 Å². The molecule has 8 heteroatoms. The summed E-state index contributed by atoms with van der Waals surface area (Å²) in [6.07, 6.45) is 3.52. The van der Waals surface area contributed by atoms with E-state index in [1.165, 1.54) is 20.1 Å². The minimum absolute atomic E-state index is 0.0188. The average Bonchev–Trinajstić information content (AvgIpc) is 2.80. The molecule has 0 radical (unpaired) electrons. The Morgan fingerprint density at radius 2 is 2.00 bits per heavy atom. The standard InChI is InChI=1S/C24H24N4O4/c1-14(24(31)32-2)28-23(30)19-7-3-6-18(16-5-4-10-27-13-16)20(19)12-17-11-15(22(25)26)8-9-21(17)29/h3-11,13-14,29H,12H2,1-2H3,(H3,25,26)(H,28,30). The normalized spacial score (nSPS) is 11.4. The Bertz CT molecular complexity index is 1160. The quantitative estimate of drug-likeness (QED) is 0.257. The summed E-state index contributed by atoms with van der Waals surface area (Å²) in [6, 6.07) is 12.7. The number of nitrogens with zero attached hydrogens (tertiary/aromatic N) is 1. The summed E-state index contributed by atoms with van der Waals surface area (Å²) in [5, 5.41) is 20.8. The molecule has 0 bridgehead atoms. The van der Waals surface area contributed by atoms with Crippen LogP contribution < -0.4 is 11.1 Å². The average molecular weight is 432 g/mol. The maximum absolute atomic E-state index is 13.1. The van der Waals surface area contributed by atoms with Gasteiger partial charge < -0.3 is 20.9 Å². The predicted molar refractivity (Wildman–Crippen MR) is 121 cm³/mol. The number of ether oxygens (including phenoxy) is 1. The van der Waals surface area contributed by atoms with Gasteiger partial charge in [-0.15, -0.1) is 0 Å². The molecule has 1 unspecified atom stereocenters. The number of rotatable bonds is 7. The summed E-state index contributed by atoms with van der Waals surface area (Å²) in [5.74, 6) is -1.12. The van der Waals surface area contributed by atoms with Crippen molar-refractivity contribution in [2.24, 2.45) is 5.73 Å². The molecule has 1 amide bonds. The summed E-state index contributed by atoms with van der Waals surface area (Å²) in [4.78, 5) is 29.0. The van der Waals surface area contributed by atoms with E-state index in [4.69, 9.17) is 15.9 Å². The monoisotopic (exact) mass is 432 g/mol. The summed E-state index contributed by atoms with van der Waals surface area (Å²) in [5.41, 5.74) is 9.09. The Labute approximate surface area is 185 Å². The number of phenols is 1. The van der Waals surface area contributed by atoms with E-state index in [1.54, 1.807) is 42.7 Å². The van der Waals surface area contributed by atoms with Crippen LogP contribution in [0.2, 0.25) is 0 Å². The summed E-state index contributed by atoms with van der Waals surface area (Å²) < 4.78 is 4.69. The fourth-order valence-corrected chi connectivity index (χ4v) is 3.38. The molecule has 0 aliphatic rings. The van der Waals surface area contributed by atoms with Crippen LogP contribution in [-0.4, -0.2) is 41.0 Å². The van der Waals surface area contributed by atoms with Crippen molar-refractivity contribution in [3.05, 3.63) is 83.2 Å². The van der Waals surface area contributed by atoms with Gasteiger partial charge in [0.15, 0.2) is 0 Å². The van der Waals surface area contributed by atoms with Gasteiger partial charge in [-0.3, -0.25) is 15.2 Å². The Balaban J connectivity index is 2.11. The largest absolute Gasteiger partial charge is 0.508 e. The van der Waals surface area contributed by atoms with Gasteiger partial charge in [0.2, 0.25) is 0 Å². The number of aromatic hydroxyl groups is 1. The zero-order valence-electron chi connectivity index (χ0n) is 17.8. The van der Waals surface area contributed by atoms with Gasteiger partial charge in [0.1, 0.15) is 17.6 Å². The van der Waals surface area contributed by atoms with E-state index < -0.39 is 17.9 Å². The number of carbonyl (C=O) groups is 2. The van der Waals surface area contributed by atoms with Crippen molar-refractivity contribution in [1.29, 1.82) is 5.41 Å². The third kappa shape index (κ3) is 4.92. The number of esters is 1. The van der Waals surface area contributed by atoms with E-state index in [-0.39, 0.29) is 18.0 Å².